The van der Waals surface area contributed by atoms with E-state index in [0.717, 1.165) is 38.4 Å². The molecule has 0 unspecified atom stereocenters. The molecule has 1 amide bonds. The third-order valence-corrected chi connectivity index (χ3v) is 5.47. The van der Waals surface area contributed by atoms with Crippen molar-refractivity contribution in [2.75, 3.05) is 13.1 Å². The first-order valence-corrected chi connectivity index (χ1v) is 9.74. The Labute approximate surface area is 156 Å². The van der Waals surface area contributed by atoms with E-state index in [4.69, 9.17) is 0 Å². The molecule has 1 aliphatic heterocycles. The topological polar surface area (TPSA) is 100 Å². The number of hydrogen-bond acceptors (Lipinski definition) is 5. The van der Waals surface area contributed by atoms with Crippen molar-refractivity contribution in [3.05, 3.63) is 38.7 Å². The molecule has 0 spiro atoms. The van der Waals surface area contributed by atoms with Gasteiger partial charge in [0.15, 0.2) is 0 Å². The van der Waals surface area contributed by atoms with E-state index in [1.54, 1.807) is 0 Å². The summed E-state index contributed by atoms with van der Waals surface area (Å²) < 4.78 is 1.44. The number of aryl methyl sites for hydroxylation is 1. The molecule has 1 saturated carbocycles. The first kappa shape index (κ1) is 17.9. The van der Waals surface area contributed by atoms with Gasteiger partial charge in [-0.2, -0.15) is 0 Å². The number of aromatic nitrogens is 3. The molecule has 1 saturated heterocycles. The smallest absolute Gasteiger partial charge is 0.329 e. The first-order valence-electron chi connectivity index (χ1n) is 9.74. The number of carbonyl (C=O) groups is 1. The van der Waals surface area contributed by atoms with E-state index in [-0.39, 0.29) is 17.3 Å². The number of pyridine rings is 1. The second-order valence-corrected chi connectivity index (χ2v) is 7.52. The lowest BCUT2D eigenvalue weighted by molar-refractivity contribution is 0.0909. The fraction of sp³-hybridized carbons (Fsp3) is 0.579. The highest BCUT2D eigenvalue weighted by Gasteiger charge is 2.32. The van der Waals surface area contributed by atoms with Crippen LogP contribution >= 0.6 is 0 Å². The largest absolute Gasteiger partial charge is 0.349 e. The minimum Gasteiger partial charge on any atom is -0.349 e. The van der Waals surface area contributed by atoms with Crippen LogP contribution in [0.15, 0.2) is 21.9 Å². The van der Waals surface area contributed by atoms with Gasteiger partial charge in [0, 0.05) is 37.9 Å². The Bertz CT molecular complexity index is 967. The molecule has 2 aromatic heterocycles. The van der Waals surface area contributed by atoms with Crippen LogP contribution in [-0.4, -0.2) is 50.5 Å². The lowest BCUT2D eigenvalue weighted by Gasteiger charge is -2.32. The van der Waals surface area contributed by atoms with E-state index in [1.807, 2.05) is 6.92 Å². The Morgan fingerprint density at radius 2 is 2.00 bits per heavy atom. The summed E-state index contributed by atoms with van der Waals surface area (Å²) >= 11 is 0. The van der Waals surface area contributed by atoms with Crippen molar-refractivity contribution < 1.29 is 4.79 Å². The Morgan fingerprint density at radius 3 is 2.67 bits per heavy atom. The van der Waals surface area contributed by atoms with Gasteiger partial charge in [-0.05, 0) is 38.2 Å². The van der Waals surface area contributed by atoms with Gasteiger partial charge < -0.3 is 10.2 Å². The third kappa shape index (κ3) is 3.66. The number of likely N-dealkylation sites (tertiary alicyclic amines) is 1. The Kier molecular flexibility index (Phi) is 4.82. The molecule has 0 radical (unpaired) electrons. The summed E-state index contributed by atoms with van der Waals surface area (Å²) in [4.78, 5) is 45.9. The van der Waals surface area contributed by atoms with E-state index in [1.165, 1.54) is 29.7 Å². The molecule has 0 bridgehead atoms. The van der Waals surface area contributed by atoms with Crippen molar-refractivity contribution >= 4 is 16.9 Å². The number of hydrogen-bond donors (Lipinski definition) is 2. The normalized spacial score (nSPS) is 18.7. The molecule has 27 heavy (non-hydrogen) atoms. The van der Waals surface area contributed by atoms with Gasteiger partial charge in [0.05, 0.1) is 10.9 Å². The molecule has 0 aromatic carbocycles. The number of fused-ring (bicyclic) bond motifs is 1. The molecule has 2 aromatic rings. The highest BCUT2D eigenvalue weighted by atomic mass is 16.2. The number of aromatic amines is 1. The average Bonchev–Trinajstić information content (AvgIpc) is 3.50. The van der Waals surface area contributed by atoms with Crippen molar-refractivity contribution in [2.45, 2.75) is 57.7 Å². The van der Waals surface area contributed by atoms with E-state index < -0.39 is 11.2 Å². The van der Waals surface area contributed by atoms with Gasteiger partial charge in [0.1, 0.15) is 5.65 Å². The minimum absolute atomic E-state index is 0.149. The zero-order chi connectivity index (χ0) is 19.0. The van der Waals surface area contributed by atoms with Crippen molar-refractivity contribution in [1.82, 2.24) is 24.8 Å². The summed E-state index contributed by atoms with van der Waals surface area (Å²) in [5, 5.41) is 3.33. The maximum atomic E-state index is 12.6. The average molecular weight is 371 g/mol. The standard InChI is InChI=1S/C19H25N5O3/c1-2-7-24-16-15(18(26)22-19(24)27)10-12(11-20-16)17(25)21-13-5-8-23(9-6-13)14-3-4-14/h10-11,13-14H,2-9H2,1H3,(H,21,25)(H,22,26,27). The first-order chi connectivity index (χ1) is 13.1. The van der Waals surface area contributed by atoms with Gasteiger partial charge in [0.25, 0.3) is 11.5 Å². The van der Waals surface area contributed by atoms with Gasteiger partial charge >= 0.3 is 5.69 Å². The summed E-state index contributed by atoms with van der Waals surface area (Å²) in [6.45, 7) is 4.45. The van der Waals surface area contributed by atoms with Crippen LogP contribution in [0.2, 0.25) is 0 Å². The van der Waals surface area contributed by atoms with Crippen molar-refractivity contribution in [1.29, 1.82) is 0 Å². The van der Waals surface area contributed by atoms with E-state index in [0.29, 0.717) is 17.8 Å². The second-order valence-electron chi connectivity index (χ2n) is 7.52. The van der Waals surface area contributed by atoms with Crippen molar-refractivity contribution in [3.63, 3.8) is 0 Å². The highest BCUT2D eigenvalue weighted by Crippen LogP contribution is 2.29. The summed E-state index contributed by atoms with van der Waals surface area (Å²) in [6, 6.07) is 2.44. The number of carbonyl (C=O) groups excluding carboxylic acids is 1. The number of nitrogens with one attached hydrogen (secondary N) is 2. The predicted molar refractivity (Wildman–Crippen MR) is 102 cm³/mol. The third-order valence-electron chi connectivity index (χ3n) is 5.47. The Hall–Kier alpha value is -2.48. The number of nitrogens with zero attached hydrogens (tertiary/aromatic N) is 3. The molecule has 4 rings (SSSR count). The van der Waals surface area contributed by atoms with Crippen LogP contribution in [0, 0.1) is 0 Å². The maximum Gasteiger partial charge on any atom is 0.329 e. The van der Waals surface area contributed by atoms with E-state index in [2.05, 4.69) is 20.2 Å². The number of amides is 1. The van der Waals surface area contributed by atoms with Crippen molar-refractivity contribution in [3.8, 4) is 0 Å². The molecule has 1 aliphatic carbocycles. The molecule has 3 heterocycles. The van der Waals surface area contributed by atoms with Gasteiger partial charge in [-0.15, -0.1) is 0 Å². The fourth-order valence-electron chi connectivity index (χ4n) is 3.84. The number of piperidine rings is 1. The van der Waals surface area contributed by atoms with Crippen LogP contribution in [0.25, 0.3) is 11.0 Å². The lowest BCUT2D eigenvalue weighted by atomic mass is 10.0. The molecule has 0 atom stereocenters. The van der Waals surface area contributed by atoms with Gasteiger partial charge in [-0.25, -0.2) is 9.78 Å². The quantitative estimate of drug-likeness (QED) is 0.812. The SMILES string of the molecule is CCCn1c(=O)[nH]c(=O)c2cc(C(=O)NC3CCN(C4CC4)CC3)cnc21. The van der Waals surface area contributed by atoms with E-state index in [9.17, 15) is 14.4 Å². The molecule has 8 heteroatoms. The summed E-state index contributed by atoms with van der Waals surface area (Å²) in [7, 11) is 0. The van der Waals surface area contributed by atoms with Crippen LogP contribution in [0.5, 0.6) is 0 Å². The van der Waals surface area contributed by atoms with Gasteiger partial charge in [-0.1, -0.05) is 6.92 Å². The lowest BCUT2D eigenvalue weighted by Crippen LogP contribution is -2.45. The Morgan fingerprint density at radius 1 is 1.26 bits per heavy atom. The predicted octanol–water partition coefficient (Wildman–Crippen LogP) is 0.851. The van der Waals surface area contributed by atoms with Gasteiger partial charge in [-0.3, -0.25) is 19.1 Å². The maximum absolute atomic E-state index is 12.6. The molecule has 2 N–H and O–H groups in total. The monoisotopic (exact) mass is 371 g/mol. The molecular formula is C19H25N5O3. The number of H-pyrrole nitrogens is 1. The molecule has 2 fully saturated rings. The zero-order valence-electron chi connectivity index (χ0n) is 15.5. The molecule has 144 valence electrons. The molecular weight excluding hydrogens is 346 g/mol. The van der Waals surface area contributed by atoms with Crippen LogP contribution < -0.4 is 16.6 Å². The van der Waals surface area contributed by atoms with Crippen LogP contribution in [0.3, 0.4) is 0 Å². The number of rotatable bonds is 5. The van der Waals surface area contributed by atoms with Crippen molar-refractivity contribution in [2.24, 2.45) is 0 Å². The highest BCUT2D eigenvalue weighted by molar-refractivity contribution is 5.96. The van der Waals surface area contributed by atoms with Crippen LogP contribution in [-0.2, 0) is 6.54 Å². The molecule has 8 nitrogen and oxygen atoms in total. The van der Waals surface area contributed by atoms with Crippen LogP contribution in [0.4, 0.5) is 0 Å². The zero-order valence-corrected chi connectivity index (χ0v) is 15.5. The van der Waals surface area contributed by atoms with Crippen LogP contribution in [0.1, 0.15) is 49.4 Å². The van der Waals surface area contributed by atoms with Gasteiger partial charge in [0.2, 0.25) is 0 Å². The summed E-state index contributed by atoms with van der Waals surface area (Å²) in [5.41, 5.74) is -0.317. The Balaban J connectivity index is 1.52. The summed E-state index contributed by atoms with van der Waals surface area (Å²) in [5.74, 6) is -0.220. The second kappa shape index (κ2) is 7.26. The minimum atomic E-state index is -0.512. The molecule has 2 aliphatic rings. The van der Waals surface area contributed by atoms with E-state index >= 15 is 0 Å². The fourth-order valence-corrected chi connectivity index (χ4v) is 3.84. The summed E-state index contributed by atoms with van der Waals surface area (Å²) in [6.07, 6.45) is 6.68.